The van der Waals surface area contributed by atoms with Crippen LogP contribution < -0.4 is 16.0 Å². The number of hydrogen-bond acceptors (Lipinski definition) is 6. The first-order chi connectivity index (χ1) is 15.2. The van der Waals surface area contributed by atoms with Gasteiger partial charge in [0.05, 0.1) is 17.8 Å². The Hall–Kier alpha value is -2.56. The van der Waals surface area contributed by atoms with Gasteiger partial charge in [-0.1, -0.05) is 6.92 Å². The lowest BCUT2D eigenvalue weighted by Crippen LogP contribution is -2.46. The highest BCUT2D eigenvalue weighted by Gasteiger charge is 2.21. The maximum absolute atomic E-state index is 14.2. The summed E-state index contributed by atoms with van der Waals surface area (Å²) in [5.41, 5.74) is 2.48. The number of aryl methyl sites for hydroxylation is 1. The number of carbonyl (C=O) groups excluding carboxylic acids is 1. The lowest BCUT2D eigenvalue weighted by molar-refractivity contribution is 0.186. The molecule has 3 rings (SSSR count). The number of amides is 2. The fraction of sp³-hybridized carbons (Fsp3) is 0.455. The highest BCUT2D eigenvalue weighted by atomic mass is 32.2. The van der Waals surface area contributed by atoms with Crippen molar-refractivity contribution < 1.29 is 17.6 Å². The molecule has 3 N–H and O–H groups in total. The van der Waals surface area contributed by atoms with Crippen LogP contribution in [0.2, 0.25) is 0 Å². The Bertz CT molecular complexity index is 1030. The summed E-state index contributed by atoms with van der Waals surface area (Å²) in [6.45, 7) is 5.52. The van der Waals surface area contributed by atoms with E-state index in [0.717, 1.165) is 30.6 Å². The number of piperidine rings is 1. The van der Waals surface area contributed by atoms with Crippen LogP contribution in [0, 0.1) is 12.7 Å². The minimum Gasteiger partial charge on any atom is -0.308 e. The van der Waals surface area contributed by atoms with Crippen molar-refractivity contribution in [2.24, 2.45) is 0 Å². The van der Waals surface area contributed by atoms with Crippen molar-refractivity contribution in [3.63, 3.8) is 0 Å². The third-order valence-corrected chi connectivity index (χ3v) is 6.81. The van der Waals surface area contributed by atoms with Crippen LogP contribution in [0.4, 0.5) is 20.6 Å². The van der Waals surface area contributed by atoms with Crippen LogP contribution in [0.5, 0.6) is 0 Å². The van der Waals surface area contributed by atoms with Gasteiger partial charge in [-0.2, -0.15) is 0 Å². The molecule has 32 heavy (non-hydrogen) atoms. The van der Waals surface area contributed by atoms with E-state index in [1.165, 1.54) is 12.1 Å². The second kappa shape index (κ2) is 10.8. The molecule has 0 radical (unpaired) electrons. The van der Waals surface area contributed by atoms with Crippen molar-refractivity contribution in [1.29, 1.82) is 0 Å². The number of nitrogens with one attached hydrogen (secondary N) is 3. The molecule has 1 fully saturated rings. The van der Waals surface area contributed by atoms with Crippen molar-refractivity contribution in [2.45, 2.75) is 39.3 Å². The molecule has 0 bridgehead atoms. The molecule has 0 saturated carbocycles. The molecule has 10 heteroatoms. The minimum absolute atomic E-state index is 0.0261. The number of carbonyl (C=O) groups is 1. The molecule has 1 aliphatic heterocycles. The zero-order valence-electron chi connectivity index (χ0n) is 18.4. The maximum atomic E-state index is 14.2. The number of benzene rings is 1. The molecule has 8 nitrogen and oxygen atoms in total. The number of anilines is 2. The summed E-state index contributed by atoms with van der Waals surface area (Å²) in [6, 6.07) is 7.59. The van der Waals surface area contributed by atoms with E-state index in [2.05, 4.69) is 25.8 Å². The highest BCUT2D eigenvalue weighted by Crippen LogP contribution is 2.19. The Labute approximate surface area is 188 Å². The van der Waals surface area contributed by atoms with Gasteiger partial charge in [0.2, 0.25) is 0 Å². The summed E-state index contributed by atoms with van der Waals surface area (Å²) >= 11 is 0. The van der Waals surface area contributed by atoms with Crippen molar-refractivity contribution >= 4 is 27.2 Å². The number of likely N-dealkylation sites (tertiary alicyclic amines) is 1. The Balaban J connectivity index is 1.57. The number of sulfone groups is 1. The zero-order valence-corrected chi connectivity index (χ0v) is 19.2. The Kier molecular flexibility index (Phi) is 8.16. The summed E-state index contributed by atoms with van der Waals surface area (Å²) in [5.74, 6) is -0.346. The first-order valence-electron chi connectivity index (χ1n) is 10.7. The van der Waals surface area contributed by atoms with Crippen molar-refractivity contribution in [2.75, 3.05) is 35.4 Å². The molecule has 0 aliphatic carbocycles. The maximum Gasteiger partial charge on any atom is 0.323 e. The molecule has 2 heterocycles. The van der Waals surface area contributed by atoms with Gasteiger partial charge in [0.15, 0.2) is 9.84 Å². The SMILES string of the molecule is CCS(=O)(=O)CN[C@@H]1CCCN(Cc2cc(F)cc(NC(=O)Nc3ccc(C)nc3)c2)C1. The van der Waals surface area contributed by atoms with Crippen LogP contribution in [0.25, 0.3) is 0 Å². The van der Waals surface area contributed by atoms with Gasteiger partial charge < -0.3 is 10.6 Å². The predicted molar refractivity (Wildman–Crippen MR) is 124 cm³/mol. The lowest BCUT2D eigenvalue weighted by atomic mass is 10.0. The van der Waals surface area contributed by atoms with Crippen molar-refractivity contribution in [3.05, 3.63) is 53.6 Å². The largest absolute Gasteiger partial charge is 0.323 e. The number of pyridine rings is 1. The molecule has 1 aliphatic rings. The van der Waals surface area contributed by atoms with E-state index < -0.39 is 21.7 Å². The summed E-state index contributed by atoms with van der Waals surface area (Å²) in [7, 11) is -3.07. The normalized spacial score (nSPS) is 17.2. The van der Waals surface area contributed by atoms with Crippen LogP contribution in [0.1, 0.15) is 31.0 Å². The third-order valence-electron chi connectivity index (χ3n) is 5.33. The molecule has 1 saturated heterocycles. The molecular formula is C22H30FN5O3S. The van der Waals surface area contributed by atoms with Crippen LogP contribution in [0.3, 0.4) is 0 Å². The van der Waals surface area contributed by atoms with E-state index in [4.69, 9.17) is 0 Å². The quantitative estimate of drug-likeness (QED) is 0.556. The Morgan fingerprint density at radius 2 is 2.00 bits per heavy atom. The standard InChI is InChI=1S/C22H30FN5O3S/c1-3-32(30,31)15-25-20-5-4-8-28(14-20)13-17-9-18(23)11-21(10-17)27-22(29)26-19-7-6-16(2)24-12-19/h6-7,9-12,20,25H,3-5,8,13-15H2,1-2H3,(H2,26,27,29)/t20-/m1/s1. The number of urea groups is 1. The molecular weight excluding hydrogens is 433 g/mol. The molecule has 1 aromatic heterocycles. The average molecular weight is 464 g/mol. The summed E-state index contributed by atoms with van der Waals surface area (Å²) < 4.78 is 37.7. The van der Waals surface area contributed by atoms with Gasteiger partial charge in [-0.05, 0) is 62.2 Å². The fourth-order valence-corrected chi connectivity index (χ4v) is 4.31. The van der Waals surface area contributed by atoms with Gasteiger partial charge in [0.1, 0.15) is 5.82 Å². The van der Waals surface area contributed by atoms with Crippen molar-refractivity contribution in [3.8, 4) is 0 Å². The first-order valence-corrected chi connectivity index (χ1v) is 12.5. The molecule has 1 atom stereocenters. The number of rotatable bonds is 8. The Morgan fingerprint density at radius 1 is 1.22 bits per heavy atom. The minimum atomic E-state index is -3.07. The smallest absolute Gasteiger partial charge is 0.308 e. The number of hydrogen-bond donors (Lipinski definition) is 3. The second-order valence-electron chi connectivity index (χ2n) is 8.07. The van der Waals surface area contributed by atoms with Crippen LogP contribution in [-0.4, -0.2) is 55.1 Å². The Morgan fingerprint density at radius 3 is 2.72 bits per heavy atom. The van der Waals surface area contributed by atoms with Crippen LogP contribution in [-0.2, 0) is 16.4 Å². The van der Waals surface area contributed by atoms with E-state index in [1.807, 2.05) is 6.92 Å². The highest BCUT2D eigenvalue weighted by molar-refractivity contribution is 7.91. The molecule has 174 valence electrons. The second-order valence-corrected chi connectivity index (χ2v) is 10.4. The van der Waals surface area contributed by atoms with Gasteiger partial charge in [0, 0.05) is 36.3 Å². The topological polar surface area (TPSA) is 103 Å². The summed E-state index contributed by atoms with van der Waals surface area (Å²) in [4.78, 5) is 18.5. The lowest BCUT2D eigenvalue weighted by Gasteiger charge is -2.33. The number of nitrogens with zero attached hydrogens (tertiary/aromatic N) is 2. The zero-order chi connectivity index (χ0) is 23.1. The first kappa shape index (κ1) is 24.1. The molecule has 2 amide bonds. The monoisotopic (exact) mass is 463 g/mol. The van der Waals surface area contributed by atoms with Gasteiger partial charge in [-0.3, -0.25) is 15.2 Å². The van der Waals surface area contributed by atoms with E-state index in [0.29, 0.717) is 24.5 Å². The number of halogens is 1. The van der Waals surface area contributed by atoms with E-state index in [-0.39, 0.29) is 17.7 Å². The van der Waals surface area contributed by atoms with Gasteiger partial charge >= 0.3 is 6.03 Å². The van der Waals surface area contributed by atoms with E-state index in [9.17, 15) is 17.6 Å². The molecule has 2 aromatic rings. The van der Waals surface area contributed by atoms with Gasteiger partial charge in [-0.15, -0.1) is 0 Å². The predicted octanol–water partition coefficient (Wildman–Crippen LogP) is 3.12. The fourth-order valence-electron chi connectivity index (χ4n) is 3.62. The number of aromatic nitrogens is 1. The van der Waals surface area contributed by atoms with Gasteiger partial charge in [-0.25, -0.2) is 17.6 Å². The summed E-state index contributed by atoms with van der Waals surface area (Å²) in [5, 5.41) is 8.46. The summed E-state index contributed by atoms with van der Waals surface area (Å²) in [6.07, 6.45) is 3.38. The molecule has 0 unspecified atom stereocenters. The van der Waals surface area contributed by atoms with Crippen LogP contribution >= 0.6 is 0 Å². The molecule has 0 spiro atoms. The van der Waals surface area contributed by atoms with Crippen LogP contribution in [0.15, 0.2) is 36.5 Å². The third kappa shape index (κ3) is 7.54. The average Bonchev–Trinajstić information content (AvgIpc) is 2.74. The van der Waals surface area contributed by atoms with E-state index >= 15 is 0 Å². The van der Waals surface area contributed by atoms with E-state index in [1.54, 1.807) is 31.3 Å². The van der Waals surface area contributed by atoms with Gasteiger partial charge in [0.25, 0.3) is 0 Å². The van der Waals surface area contributed by atoms with Crippen molar-refractivity contribution in [1.82, 2.24) is 15.2 Å². The molecule has 1 aromatic carbocycles.